The van der Waals surface area contributed by atoms with E-state index in [1.807, 2.05) is 6.92 Å². The molecule has 0 saturated carbocycles. The monoisotopic (exact) mass is 250 g/mol. The number of carbonyl (C=O) groups is 2. The maximum atomic E-state index is 11.9. The quantitative estimate of drug-likeness (QED) is 0.823. The Hall–Kier alpha value is -1.95. The second kappa shape index (κ2) is 4.73. The highest BCUT2D eigenvalue weighted by Gasteiger charge is 2.31. The van der Waals surface area contributed by atoms with E-state index in [1.54, 1.807) is 0 Å². The fourth-order valence-electron chi connectivity index (χ4n) is 1.77. The van der Waals surface area contributed by atoms with Crippen LogP contribution in [0.2, 0.25) is 0 Å². The molecule has 0 spiro atoms. The number of carbonyl (C=O) groups excluding carboxylic acids is 1. The number of carboxylic acids is 1. The lowest BCUT2D eigenvalue weighted by molar-refractivity contribution is 0.0689. The normalized spacial score (nSPS) is 22.7. The van der Waals surface area contributed by atoms with Gasteiger partial charge >= 0.3 is 5.97 Å². The number of ether oxygens (including phenoxy) is 1. The molecule has 0 radical (unpaired) electrons. The van der Waals surface area contributed by atoms with Crippen molar-refractivity contribution in [2.24, 2.45) is 0 Å². The molecule has 0 bridgehead atoms. The Bertz CT molecular complexity index is 463. The number of nitrogens with zero attached hydrogens (tertiary/aromatic N) is 1. The van der Waals surface area contributed by atoms with E-state index < -0.39 is 5.97 Å². The number of aromatic carboxylic acids is 1. The Morgan fingerprint density at radius 1 is 1.50 bits per heavy atom. The van der Waals surface area contributed by atoms with Crippen molar-refractivity contribution in [1.82, 2.24) is 10.3 Å². The smallest absolute Gasteiger partial charge is 0.354 e. The van der Waals surface area contributed by atoms with Crippen LogP contribution in [0, 0.1) is 0 Å². The first kappa shape index (κ1) is 12.5. The molecule has 1 unspecified atom stereocenters. The summed E-state index contributed by atoms with van der Waals surface area (Å²) in [6.07, 6.45) is 2.03. The highest BCUT2D eigenvalue weighted by molar-refractivity contribution is 5.95. The third-order valence-electron chi connectivity index (χ3n) is 2.88. The minimum absolute atomic E-state index is 0.0815. The number of amides is 1. The summed E-state index contributed by atoms with van der Waals surface area (Å²) in [5.74, 6) is -1.38. The molecular weight excluding hydrogens is 236 g/mol. The lowest BCUT2D eigenvalue weighted by Gasteiger charge is -2.23. The van der Waals surface area contributed by atoms with Crippen molar-refractivity contribution in [1.29, 1.82) is 0 Å². The first-order valence-corrected chi connectivity index (χ1v) is 5.60. The summed E-state index contributed by atoms with van der Waals surface area (Å²) in [7, 11) is 0. The van der Waals surface area contributed by atoms with Gasteiger partial charge in [-0.15, -0.1) is 0 Å². The van der Waals surface area contributed by atoms with Gasteiger partial charge in [-0.3, -0.25) is 4.79 Å². The van der Waals surface area contributed by atoms with Crippen LogP contribution in [0.25, 0.3) is 0 Å². The molecule has 0 aromatic carbocycles. The van der Waals surface area contributed by atoms with E-state index in [0.29, 0.717) is 18.8 Å². The maximum Gasteiger partial charge on any atom is 0.354 e. The average molecular weight is 250 g/mol. The molecule has 0 aliphatic carbocycles. The number of pyridine rings is 1. The lowest BCUT2D eigenvalue weighted by atomic mass is 10.0. The van der Waals surface area contributed by atoms with Crippen LogP contribution in [0.5, 0.6) is 0 Å². The van der Waals surface area contributed by atoms with E-state index in [4.69, 9.17) is 9.84 Å². The molecule has 1 aliphatic rings. The Morgan fingerprint density at radius 2 is 2.28 bits per heavy atom. The first-order chi connectivity index (χ1) is 8.50. The molecule has 6 heteroatoms. The largest absolute Gasteiger partial charge is 0.477 e. The van der Waals surface area contributed by atoms with E-state index >= 15 is 0 Å². The molecule has 1 amide bonds. The van der Waals surface area contributed by atoms with Crippen LogP contribution in [0.15, 0.2) is 18.3 Å². The fourth-order valence-corrected chi connectivity index (χ4v) is 1.77. The fraction of sp³-hybridized carbons (Fsp3) is 0.417. The summed E-state index contributed by atoms with van der Waals surface area (Å²) in [6.45, 7) is 3.03. The summed E-state index contributed by atoms with van der Waals surface area (Å²) in [5.41, 5.74) is -0.0992. The lowest BCUT2D eigenvalue weighted by Crippen LogP contribution is -2.46. The van der Waals surface area contributed by atoms with Crippen molar-refractivity contribution in [3.05, 3.63) is 29.6 Å². The predicted octanol–water partition coefficient (Wildman–Crippen LogP) is 0.689. The molecule has 1 aromatic rings. The van der Waals surface area contributed by atoms with Gasteiger partial charge in [0, 0.05) is 12.8 Å². The standard InChI is InChI=1S/C12H14N2O4/c1-12(4-5-18-7-12)14-10(15)8-2-3-9(11(16)17)13-6-8/h2-3,6H,4-5,7H2,1H3,(H,14,15)(H,16,17). The van der Waals surface area contributed by atoms with E-state index in [2.05, 4.69) is 10.3 Å². The van der Waals surface area contributed by atoms with Crippen LogP contribution in [0.1, 0.15) is 34.2 Å². The Balaban J connectivity index is 2.07. The summed E-state index contributed by atoms with van der Waals surface area (Å²) in [4.78, 5) is 26.3. The Morgan fingerprint density at radius 3 is 2.78 bits per heavy atom. The van der Waals surface area contributed by atoms with Crippen molar-refractivity contribution in [3.8, 4) is 0 Å². The second-order valence-electron chi connectivity index (χ2n) is 4.55. The van der Waals surface area contributed by atoms with Gasteiger partial charge in [0.15, 0.2) is 0 Å². The van der Waals surface area contributed by atoms with Gasteiger partial charge in [-0.1, -0.05) is 0 Å². The molecule has 1 aromatic heterocycles. The molecule has 2 N–H and O–H groups in total. The molecule has 96 valence electrons. The Kier molecular flexibility index (Phi) is 3.29. The highest BCUT2D eigenvalue weighted by Crippen LogP contribution is 2.18. The van der Waals surface area contributed by atoms with Gasteiger partial charge < -0.3 is 15.2 Å². The zero-order valence-corrected chi connectivity index (χ0v) is 9.97. The van der Waals surface area contributed by atoms with Gasteiger partial charge in [-0.2, -0.15) is 0 Å². The van der Waals surface area contributed by atoms with Crippen molar-refractivity contribution in [3.63, 3.8) is 0 Å². The maximum absolute atomic E-state index is 11.9. The third kappa shape index (κ3) is 2.65. The second-order valence-corrected chi connectivity index (χ2v) is 4.55. The van der Waals surface area contributed by atoms with Crippen molar-refractivity contribution < 1.29 is 19.4 Å². The Labute approximate surface area is 104 Å². The average Bonchev–Trinajstić information content (AvgIpc) is 2.76. The van der Waals surface area contributed by atoms with Crippen LogP contribution in [-0.2, 0) is 4.74 Å². The zero-order valence-electron chi connectivity index (χ0n) is 9.97. The first-order valence-electron chi connectivity index (χ1n) is 5.60. The van der Waals surface area contributed by atoms with E-state index in [0.717, 1.165) is 6.42 Å². The van der Waals surface area contributed by atoms with Gasteiger partial charge in [-0.25, -0.2) is 9.78 Å². The van der Waals surface area contributed by atoms with Crippen LogP contribution < -0.4 is 5.32 Å². The predicted molar refractivity (Wildman–Crippen MR) is 62.5 cm³/mol. The number of carboxylic acid groups (broad SMARTS) is 1. The molecule has 2 rings (SSSR count). The molecule has 1 saturated heterocycles. The van der Waals surface area contributed by atoms with E-state index in [9.17, 15) is 9.59 Å². The van der Waals surface area contributed by atoms with E-state index in [-0.39, 0.29) is 17.1 Å². The van der Waals surface area contributed by atoms with Crippen LogP contribution >= 0.6 is 0 Å². The van der Waals surface area contributed by atoms with Gasteiger partial charge in [-0.05, 0) is 25.5 Å². The number of hydrogen-bond donors (Lipinski definition) is 2. The van der Waals surface area contributed by atoms with Crippen molar-refractivity contribution in [2.45, 2.75) is 18.9 Å². The number of hydrogen-bond acceptors (Lipinski definition) is 4. The number of nitrogens with one attached hydrogen (secondary N) is 1. The summed E-state index contributed by atoms with van der Waals surface area (Å²) in [6, 6.07) is 2.76. The summed E-state index contributed by atoms with van der Waals surface area (Å²) in [5, 5.41) is 11.6. The SMILES string of the molecule is CC1(NC(=O)c2ccc(C(=O)O)nc2)CCOC1. The van der Waals surface area contributed by atoms with Gasteiger partial charge in [0.2, 0.25) is 0 Å². The number of aromatic nitrogens is 1. The summed E-state index contributed by atoms with van der Waals surface area (Å²) >= 11 is 0. The minimum atomic E-state index is -1.11. The molecule has 1 fully saturated rings. The molecule has 1 atom stereocenters. The molecule has 18 heavy (non-hydrogen) atoms. The third-order valence-corrected chi connectivity index (χ3v) is 2.88. The zero-order chi connectivity index (χ0) is 13.2. The van der Waals surface area contributed by atoms with Gasteiger partial charge in [0.25, 0.3) is 5.91 Å². The van der Waals surface area contributed by atoms with Gasteiger partial charge in [0.05, 0.1) is 17.7 Å². The van der Waals surface area contributed by atoms with Crippen LogP contribution in [0.3, 0.4) is 0 Å². The summed E-state index contributed by atoms with van der Waals surface area (Å²) < 4.78 is 5.24. The van der Waals surface area contributed by atoms with Gasteiger partial charge in [0.1, 0.15) is 5.69 Å². The van der Waals surface area contributed by atoms with Crippen LogP contribution in [-0.4, -0.2) is 40.7 Å². The van der Waals surface area contributed by atoms with Crippen LogP contribution in [0.4, 0.5) is 0 Å². The topological polar surface area (TPSA) is 88.5 Å². The molecular formula is C12H14N2O4. The van der Waals surface area contributed by atoms with E-state index in [1.165, 1.54) is 18.3 Å². The number of rotatable bonds is 3. The molecule has 2 heterocycles. The highest BCUT2D eigenvalue weighted by atomic mass is 16.5. The molecule has 6 nitrogen and oxygen atoms in total. The van der Waals surface area contributed by atoms with Crippen molar-refractivity contribution in [2.75, 3.05) is 13.2 Å². The minimum Gasteiger partial charge on any atom is -0.477 e. The van der Waals surface area contributed by atoms with Crippen molar-refractivity contribution >= 4 is 11.9 Å². The molecule has 1 aliphatic heterocycles.